The van der Waals surface area contributed by atoms with E-state index in [0.717, 1.165) is 6.54 Å². The fraction of sp³-hybridized carbons (Fsp3) is 0.545. The molecule has 0 saturated carbocycles. The number of nitrogen functional groups attached to an aromatic ring is 1. The van der Waals surface area contributed by atoms with Crippen LogP contribution in [0.25, 0.3) is 0 Å². The molecule has 9 heteroatoms. The van der Waals surface area contributed by atoms with E-state index in [9.17, 15) is 8.42 Å². The van der Waals surface area contributed by atoms with E-state index in [-0.39, 0.29) is 4.90 Å². The molecule has 0 bridgehead atoms. The van der Waals surface area contributed by atoms with Gasteiger partial charge in [-0.1, -0.05) is 0 Å². The van der Waals surface area contributed by atoms with Gasteiger partial charge in [-0.3, -0.25) is 10.8 Å². The highest BCUT2D eigenvalue weighted by atomic mass is 32.2. The number of hydrazine groups is 1. The van der Waals surface area contributed by atoms with Gasteiger partial charge in [0.25, 0.3) is 0 Å². The maximum absolute atomic E-state index is 12.1. The lowest BCUT2D eigenvalue weighted by atomic mass is 10.4. The van der Waals surface area contributed by atoms with Crippen molar-refractivity contribution in [3.63, 3.8) is 0 Å². The summed E-state index contributed by atoms with van der Waals surface area (Å²) >= 11 is 0. The first kappa shape index (κ1) is 16.8. The molecule has 4 N–H and O–H groups in total. The van der Waals surface area contributed by atoms with Gasteiger partial charge >= 0.3 is 0 Å². The molecule has 0 aliphatic carbocycles. The molecule has 1 heterocycles. The van der Waals surface area contributed by atoms with Gasteiger partial charge in [-0.15, -0.1) is 0 Å². The molecular formula is C11H21N5O3S. The Balaban J connectivity index is 2.58. The number of nitrogens with one attached hydrogen (secondary N) is 2. The summed E-state index contributed by atoms with van der Waals surface area (Å²) in [4.78, 5) is 5.80. The molecule has 0 aromatic carbocycles. The Hall–Kier alpha value is -1.26. The van der Waals surface area contributed by atoms with Crippen LogP contribution in [-0.2, 0) is 14.8 Å². The minimum absolute atomic E-state index is 0.0297. The highest BCUT2D eigenvalue weighted by Crippen LogP contribution is 2.17. The highest BCUT2D eigenvalue weighted by molar-refractivity contribution is 7.89. The number of rotatable bonds is 9. The van der Waals surface area contributed by atoms with Crippen molar-refractivity contribution in [3.05, 3.63) is 18.5 Å². The quantitative estimate of drug-likeness (QED) is 0.405. The smallest absolute Gasteiger partial charge is 0.244 e. The third-order valence-corrected chi connectivity index (χ3v) is 4.18. The van der Waals surface area contributed by atoms with Gasteiger partial charge in [-0.05, 0) is 13.1 Å². The zero-order valence-electron chi connectivity index (χ0n) is 11.7. The molecule has 0 unspecified atom stereocenters. The fourth-order valence-electron chi connectivity index (χ4n) is 1.52. The van der Waals surface area contributed by atoms with Crippen molar-refractivity contribution in [1.29, 1.82) is 0 Å². The van der Waals surface area contributed by atoms with Crippen molar-refractivity contribution < 1.29 is 13.2 Å². The number of hydrogen-bond donors (Lipinski definition) is 3. The van der Waals surface area contributed by atoms with Gasteiger partial charge in [-0.2, -0.15) is 0 Å². The second kappa shape index (κ2) is 8.12. The number of methoxy groups -OCH3 is 1. The molecule has 0 amide bonds. The van der Waals surface area contributed by atoms with Crippen molar-refractivity contribution in [3.8, 4) is 0 Å². The summed E-state index contributed by atoms with van der Waals surface area (Å²) < 4.78 is 31.7. The molecule has 1 aromatic heterocycles. The second-order valence-corrected chi connectivity index (χ2v) is 5.95. The molecule has 0 saturated heterocycles. The first-order valence-electron chi connectivity index (χ1n) is 6.09. The number of ether oxygens (including phenoxy) is 1. The standard InChI is InChI=1S/C11H21N5O3S/c1-16(7-8-19-2)6-5-14-20(17,18)11-9-13-4-3-10(11)15-12/h3-4,9,14H,5-8,12H2,1-2H3,(H,13,15). The summed E-state index contributed by atoms with van der Waals surface area (Å²) in [6.45, 7) is 2.21. The first-order valence-corrected chi connectivity index (χ1v) is 7.57. The highest BCUT2D eigenvalue weighted by Gasteiger charge is 2.18. The maximum Gasteiger partial charge on any atom is 0.244 e. The lowest BCUT2D eigenvalue weighted by Crippen LogP contribution is -2.34. The second-order valence-electron chi connectivity index (χ2n) is 4.21. The molecule has 1 rings (SSSR count). The lowest BCUT2D eigenvalue weighted by Gasteiger charge is -2.16. The Morgan fingerprint density at radius 2 is 2.20 bits per heavy atom. The average molecular weight is 303 g/mol. The van der Waals surface area contributed by atoms with E-state index in [0.29, 0.717) is 25.4 Å². The van der Waals surface area contributed by atoms with E-state index in [1.807, 2.05) is 11.9 Å². The topological polar surface area (TPSA) is 110 Å². The Morgan fingerprint density at radius 1 is 1.45 bits per heavy atom. The summed E-state index contributed by atoms with van der Waals surface area (Å²) in [5, 5.41) is 0. The molecule has 0 fully saturated rings. The minimum Gasteiger partial charge on any atom is -0.383 e. The van der Waals surface area contributed by atoms with Crippen molar-refractivity contribution in [2.45, 2.75) is 4.90 Å². The molecule has 0 spiro atoms. The summed E-state index contributed by atoms with van der Waals surface area (Å²) in [7, 11) is -0.114. The molecule has 0 aliphatic heterocycles. The Kier molecular flexibility index (Phi) is 6.82. The van der Waals surface area contributed by atoms with Crippen LogP contribution < -0.4 is 16.0 Å². The van der Waals surface area contributed by atoms with Crippen LogP contribution >= 0.6 is 0 Å². The predicted octanol–water partition coefficient (Wildman–Crippen LogP) is -0.776. The number of anilines is 1. The van der Waals surface area contributed by atoms with Crippen LogP contribution in [0.2, 0.25) is 0 Å². The molecule has 114 valence electrons. The van der Waals surface area contributed by atoms with Gasteiger partial charge in [0, 0.05) is 39.1 Å². The first-order chi connectivity index (χ1) is 9.51. The fourth-order valence-corrected chi connectivity index (χ4v) is 2.65. The van der Waals surface area contributed by atoms with Crippen LogP contribution in [0.5, 0.6) is 0 Å². The number of hydrogen-bond acceptors (Lipinski definition) is 7. The van der Waals surface area contributed by atoms with E-state index >= 15 is 0 Å². The predicted molar refractivity (Wildman–Crippen MR) is 76.6 cm³/mol. The zero-order valence-corrected chi connectivity index (χ0v) is 12.5. The van der Waals surface area contributed by atoms with E-state index in [1.54, 1.807) is 7.11 Å². The monoisotopic (exact) mass is 303 g/mol. The largest absolute Gasteiger partial charge is 0.383 e. The summed E-state index contributed by atoms with van der Waals surface area (Å²) in [6.07, 6.45) is 2.72. The maximum atomic E-state index is 12.1. The van der Waals surface area contributed by atoms with Gasteiger partial charge in [-0.25, -0.2) is 13.1 Å². The van der Waals surface area contributed by atoms with Gasteiger partial charge < -0.3 is 15.1 Å². The number of nitrogens with zero attached hydrogens (tertiary/aromatic N) is 2. The average Bonchev–Trinajstić information content (AvgIpc) is 2.44. The zero-order chi connectivity index (χ0) is 15.0. The van der Waals surface area contributed by atoms with Crippen molar-refractivity contribution >= 4 is 15.7 Å². The summed E-state index contributed by atoms with van der Waals surface area (Å²) in [5.74, 6) is 5.29. The van der Waals surface area contributed by atoms with E-state index < -0.39 is 10.0 Å². The van der Waals surface area contributed by atoms with Crippen LogP contribution in [0.1, 0.15) is 0 Å². The molecule has 1 aromatic rings. The van der Waals surface area contributed by atoms with Gasteiger partial charge in [0.05, 0.1) is 12.3 Å². The Morgan fingerprint density at radius 3 is 2.85 bits per heavy atom. The number of aromatic nitrogens is 1. The third kappa shape index (κ3) is 5.02. The third-order valence-electron chi connectivity index (χ3n) is 2.69. The number of pyridine rings is 1. The number of likely N-dealkylation sites (N-methyl/N-ethyl adjacent to an activating group) is 1. The van der Waals surface area contributed by atoms with Gasteiger partial charge in [0.1, 0.15) is 4.90 Å². The molecule has 0 aliphatic rings. The molecule has 8 nitrogen and oxygen atoms in total. The van der Waals surface area contributed by atoms with E-state index in [4.69, 9.17) is 10.6 Å². The summed E-state index contributed by atoms with van der Waals surface area (Å²) in [5.41, 5.74) is 2.65. The molecular weight excluding hydrogens is 282 g/mol. The Labute approximate surface area is 119 Å². The van der Waals surface area contributed by atoms with Crippen LogP contribution in [0.15, 0.2) is 23.4 Å². The molecule has 20 heavy (non-hydrogen) atoms. The minimum atomic E-state index is -3.63. The van der Waals surface area contributed by atoms with Crippen LogP contribution in [0.4, 0.5) is 5.69 Å². The van der Waals surface area contributed by atoms with Crippen molar-refractivity contribution in [2.75, 3.05) is 45.8 Å². The van der Waals surface area contributed by atoms with Crippen molar-refractivity contribution in [2.24, 2.45) is 5.84 Å². The van der Waals surface area contributed by atoms with Crippen LogP contribution in [0.3, 0.4) is 0 Å². The number of sulfonamides is 1. The number of nitrogens with two attached hydrogens (primary N) is 1. The van der Waals surface area contributed by atoms with Crippen LogP contribution in [-0.4, -0.2) is 58.7 Å². The van der Waals surface area contributed by atoms with Crippen molar-refractivity contribution in [1.82, 2.24) is 14.6 Å². The molecule has 0 atom stereocenters. The van der Waals surface area contributed by atoms with Crippen LogP contribution in [0, 0.1) is 0 Å². The lowest BCUT2D eigenvalue weighted by molar-refractivity contribution is 0.162. The Bertz CT molecular complexity index is 509. The van der Waals surface area contributed by atoms with Gasteiger partial charge in [0.15, 0.2) is 0 Å². The normalized spacial score (nSPS) is 11.8. The van der Waals surface area contributed by atoms with Gasteiger partial charge in [0.2, 0.25) is 10.0 Å². The molecule has 0 radical (unpaired) electrons. The SMILES string of the molecule is COCCN(C)CCNS(=O)(=O)c1cnccc1NN. The van der Waals surface area contributed by atoms with E-state index in [2.05, 4.69) is 15.1 Å². The summed E-state index contributed by atoms with van der Waals surface area (Å²) in [6, 6.07) is 1.50. The van der Waals surface area contributed by atoms with E-state index in [1.165, 1.54) is 18.5 Å².